The minimum absolute atomic E-state index is 0.168. The summed E-state index contributed by atoms with van der Waals surface area (Å²) in [6.45, 7) is 7.97. The van der Waals surface area contributed by atoms with Crippen LogP contribution in [0.3, 0.4) is 0 Å². The Morgan fingerprint density at radius 2 is 2.05 bits per heavy atom. The van der Waals surface area contributed by atoms with Gasteiger partial charge in [-0.3, -0.25) is 10.3 Å². The van der Waals surface area contributed by atoms with Crippen LogP contribution in [0.5, 0.6) is 0 Å². The molecule has 0 fully saturated rings. The average Bonchev–Trinajstić information content (AvgIpc) is 2.73. The number of hydrogen-bond acceptors (Lipinski definition) is 3. The molecule has 0 aromatic carbocycles. The molecule has 2 aromatic rings. The van der Waals surface area contributed by atoms with Gasteiger partial charge in [-0.25, -0.2) is 9.48 Å². The number of aryl methyl sites for hydroxylation is 1. The van der Waals surface area contributed by atoms with Crippen molar-refractivity contribution < 1.29 is 9.90 Å². The van der Waals surface area contributed by atoms with Crippen molar-refractivity contribution in [2.45, 2.75) is 33.1 Å². The Hall–Kier alpha value is -2.37. The number of amides is 1. The summed E-state index contributed by atoms with van der Waals surface area (Å²) in [6, 6.07) is 5.46. The summed E-state index contributed by atoms with van der Waals surface area (Å²) in [5, 5.41) is 15.8. The first-order valence-electron chi connectivity index (χ1n) is 6.31. The summed E-state index contributed by atoms with van der Waals surface area (Å²) in [4.78, 5) is 15.1. The van der Waals surface area contributed by atoms with Crippen molar-refractivity contribution >= 4 is 11.9 Å². The molecule has 0 unspecified atom stereocenters. The minimum Gasteiger partial charge on any atom is -0.465 e. The zero-order valence-corrected chi connectivity index (χ0v) is 12.0. The van der Waals surface area contributed by atoms with Crippen LogP contribution in [0.1, 0.15) is 32.2 Å². The first kappa shape index (κ1) is 14.0. The van der Waals surface area contributed by atoms with Gasteiger partial charge in [-0.05, 0) is 19.1 Å². The number of rotatable bonds is 2. The molecule has 2 aromatic heterocycles. The number of aromatic nitrogens is 3. The highest BCUT2D eigenvalue weighted by atomic mass is 16.4. The van der Waals surface area contributed by atoms with Gasteiger partial charge in [0.2, 0.25) is 0 Å². The van der Waals surface area contributed by atoms with Crippen LogP contribution in [0, 0.1) is 6.92 Å². The molecule has 6 heteroatoms. The minimum atomic E-state index is -1.12. The second kappa shape index (κ2) is 4.96. The Labute approximate surface area is 117 Å². The molecule has 0 aliphatic heterocycles. The zero-order valence-electron chi connectivity index (χ0n) is 12.0. The number of hydrogen-bond donors (Lipinski definition) is 2. The molecule has 0 atom stereocenters. The number of anilines is 1. The highest BCUT2D eigenvalue weighted by Gasteiger charge is 2.21. The van der Waals surface area contributed by atoms with E-state index in [4.69, 9.17) is 5.11 Å². The predicted octanol–water partition coefficient (Wildman–Crippen LogP) is 2.96. The van der Waals surface area contributed by atoms with Crippen molar-refractivity contribution in [1.82, 2.24) is 14.8 Å². The van der Waals surface area contributed by atoms with Gasteiger partial charge in [0.15, 0.2) is 0 Å². The van der Waals surface area contributed by atoms with Crippen LogP contribution < -0.4 is 5.32 Å². The number of pyridine rings is 1. The average molecular weight is 274 g/mol. The molecule has 20 heavy (non-hydrogen) atoms. The number of nitrogens with zero attached hydrogens (tertiary/aromatic N) is 3. The molecular formula is C14H18N4O2. The second-order valence-electron chi connectivity index (χ2n) is 5.66. The Balaban J connectivity index is 2.52. The quantitative estimate of drug-likeness (QED) is 0.882. The fraction of sp³-hybridized carbons (Fsp3) is 0.357. The molecule has 2 N–H and O–H groups in total. The predicted molar refractivity (Wildman–Crippen MR) is 76.4 cm³/mol. The third-order valence-corrected chi connectivity index (χ3v) is 2.85. The first-order chi connectivity index (χ1) is 9.27. The monoisotopic (exact) mass is 274 g/mol. The Bertz CT molecular complexity index is 624. The number of carboxylic acid groups (broad SMARTS) is 1. The van der Waals surface area contributed by atoms with E-state index in [1.54, 1.807) is 16.9 Å². The molecule has 0 radical (unpaired) electrons. The second-order valence-corrected chi connectivity index (χ2v) is 5.66. The highest BCUT2D eigenvalue weighted by molar-refractivity contribution is 5.82. The Morgan fingerprint density at radius 1 is 1.35 bits per heavy atom. The maximum absolute atomic E-state index is 10.9. The van der Waals surface area contributed by atoms with E-state index in [0.717, 1.165) is 17.1 Å². The van der Waals surface area contributed by atoms with E-state index in [0.29, 0.717) is 5.82 Å². The first-order valence-corrected chi connectivity index (χ1v) is 6.31. The highest BCUT2D eigenvalue weighted by Crippen LogP contribution is 2.26. The lowest BCUT2D eigenvalue weighted by Crippen LogP contribution is -2.13. The van der Waals surface area contributed by atoms with Gasteiger partial charge in [-0.2, -0.15) is 5.10 Å². The van der Waals surface area contributed by atoms with Crippen molar-refractivity contribution in [2.75, 3.05) is 5.32 Å². The zero-order chi connectivity index (χ0) is 14.9. The van der Waals surface area contributed by atoms with Crippen LogP contribution in [0.4, 0.5) is 10.6 Å². The van der Waals surface area contributed by atoms with E-state index >= 15 is 0 Å². The van der Waals surface area contributed by atoms with Crippen LogP contribution in [0.25, 0.3) is 5.69 Å². The summed E-state index contributed by atoms with van der Waals surface area (Å²) in [7, 11) is 0. The Kier molecular flexibility index (Phi) is 3.48. The molecule has 1 amide bonds. The van der Waals surface area contributed by atoms with Gasteiger partial charge in [0.1, 0.15) is 5.82 Å². The topological polar surface area (TPSA) is 80.0 Å². The molecule has 0 aliphatic carbocycles. The van der Waals surface area contributed by atoms with E-state index < -0.39 is 6.09 Å². The number of nitrogens with one attached hydrogen (secondary N) is 1. The molecule has 0 saturated carbocycles. The van der Waals surface area contributed by atoms with E-state index in [2.05, 4.69) is 15.4 Å². The normalized spacial score (nSPS) is 11.4. The van der Waals surface area contributed by atoms with E-state index in [-0.39, 0.29) is 5.41 Å². The molecule has 0 saturated heterocycles. The van der Waals surface area contributed by atoms with Crippen LogP contribution in [-0.2, 0) is 5.41 Å². The smallest absolute Gasteiger partial charge is 0.410 e. The lowest BCUT2D eigenvalue weighted by atomic mass is 9.92. The summed E-state index contributed by atoms with van der Waals surface area (Å²) in [5.74, 6) is 0.410. The van der Waals surface area contributed by atoms with Crippen molar-refractivity contribution in [3.63, 3.8) is 0 Å². The van der Waals surface area contributed by atoms with Gasteiger partial charge >= 0.3 is 6.09 Å². The van der Waals surface area contributed by atoms with Gasteiger partial charge in [-0.1, -0.05) is 20.8 Å². The van der Waals surface area contributed by atoms with Crippen LogP contribution in [-0.4, -0.2) is 26.0 Å². The Morgan fingerprint density at radius 3 is 2.55 bits per heavy atom. The maximum atomic E-state index is 10.9. The van der Waals surface area contributed by atoms with Crippen molar-refractivity contribution in [1.29, 1.82) is 0 Å². The van der Waals surface area contributed by atoms with Crippen molar-refractivity contribution in [3.8, 4) is 5.69 Å². The maximum Gasteiger partial charge on any atom is 0.410 e. The molecule has 2 heterocycles. The standard InChI is InChI=1S/C14H18N4O2/c1-9-5-6-10(8-15-9)18-12(16-13(19)20)7-11(17-18)14(2,3)4/h5-8,16H,1-4H3,(H,19,20). The van der Waals surface area contributed by atoms with Crippen LogP contribution in [0.15, 0.2) is 24.4 Å². The van der Waals surface area contributed by atoms with Crippen molar-refractivity contribution in [2.24, 2.45) is 0 Å². The van der Waals surface area contributed by atoms with Crippen LogP contribution >= 0.6 is 0 Å². The van der Waals surface area contributed by atoms with Crippen LogP contribution in [0.2, 0.25) is 0 Å². The summed E-state index contributed by atoms with van der Waals surface area (Å²) in [5.41, 5.74) is 2.25. The molecule has 0 bridgehead atoms. The summed E-state index contributed by atoms with van der Waals surface area (Å²) < 4.78 is 1.56. The largest absolute Gasteiger partial charge is 0.465 e. The van der Waals surface area contributed by atoms with Gasteiger partial charge < -0.3 is 5.11 Å². The third-order valence-electron chi connectivity index (χ3n) is 2.85. The molecule has 0 spiro atoms. The third kappa shape index (κ3) is 2.96. The van der Waals surface area contributed by atoms with Gasteiger partial charge in [0.25, 0.3) is 0 Å². The number of carbonyl (C=O) groups is 1. The molecule has 0 aliphatic rings. The molecule has 106 valence electrons. The SMILES string of the molecule is Cc1ccc(-n2nc(C(C)(C)C)cc2NC(=O)O)cn1. The van der Waals surface area contributed by atoms with E-state index in [1.165, 1.54) is 0 Å². The molecule has 2 rings (SSSR count). The van der Waals surface area contributed by atoms with Crippen molar-refractivity contribution in [3.05, 3.63) is 35.8 Å². The van der Waals surface area contributed by atoms with E-state index in [9.17, 15) is 4.79 Å². The summed E-state index contributed by atoms with van der Waals surface area (Å²) >= 11 is 0. The molecule has 6 nitrogen and oxygen atoms in total. The lowest BCUT2D eigenvalue weighted by molar-refractivity contribution is 0.209. The van der Waals surface area contributed by atoms with Gasteiger partial charge in [0, 0.05) is 17.2 Å². The molecular weight excluding hydrogens is 256 g/mol. The summed E-state index contributed by atoms with van der Waals surface area (Å²) in [6.07, 6.45) is 0.550. The van der Waals surface area contributed by atoms with E-state index in [1.807, 2.05) is 39.8 Å². The van der Waals surface area contributed by atoms with Gasteiger partial charge in [0.05, 0.1) is 17.6 Å². The fourth-order valence-corrected chi connectivity index (χ4v) is 1.73. The van der Waals surface area contributed by atoms with Gasteiger partial charge in [-0.15, -0.1) is 0 Å². The fourth-order valence-electron chi connectivity index (χ4n) is 1.73. The lowest BCUT2D eigenvalue weighted by Gasteiger charge is -2.14.